The molecule has 0 aliphatic carbocycles. The van der Waals surface area contributed by atoms with Gasteiger partial charge in [-0.15, -0.1) is 0 Å². The van der Waals surface area contributed by atoms with Crippen LogP contribution in [0.5, 0.6) is 0 Å². The second-order valence-corrected chi connectivity index (χ2v) is 22.0. The Morgan fingerprint density at radius 3 is 0.756 bits per heavy atom. The first-order chi connectivity index (χ1) is 40.5. The summed E-state index contributed by atoms with van der Waals surface area (Å²) in [6.07, 6.45) is 98.6. The summed E-state index contributed by atoms with van der Waals surface area (Å²) in [7, 11) is 0. The third-order valence-electron chi connectivity index (χ3n) is 14.1. The number of allylic oxidation sites excluding steroid dienone is 24. The molecule has 0 saturated carbocycles. The molecule has 464 valence electrons. The van der Waals surface area contributed by atoms with Crippen molar-refractivity contribution in [3.63, 3.8) is 0 Å². The predicted molar refractivity (Wildman–Crippen MR) is 357 cm³/mol. The molecule has 0 aromatic heterocycles. The van der Waals surface area contributed by atoms with Crippen LogP contribution >= 0.6 is 0 Å². The van der Waals surface area contributed by atoms with Crippen LogP contribution in [0.4, 0.5) is 0 Å². The van der Waals surface area contributed by atoms with Crippen LogP contribution in [0.15, 0.2) is 146 Å². The van der Waals surface area contributed by atoms with Gasteiger partial charge in [0.1, 0.15) is 13.2 Å². The zero-order chi connectivity index (χ0) is 59.2. The SMILES string of the molecule is CC/C=C\C/C=C\C/C=C\C/C=C\C/C=C\C/C=C\C/C=C\CCCCCC(=O)OC(COC(=O)CCCCCCCCCCCCCC)COC(=O)CCCCCCCCCCCCC/C=C\C/C=C\C/C=C\C/C=C\C/C=C\CC. The minimum Gasteiger partial charge on any atom is -0.462 e. The van der Waals surface area contributed by atoms with Crippen LogP contribution in [0.25, 0.3) is 0 Å². The maximum Gasteiger partial charge on any atom is 0.306 e. The monoisotopic (exact) mass is 1130 g/mol. The number of unbranched alkanes of at least 4 members (excludes halogenated alkanes) is 25. The molecule has 0 aliphatic heterocycles. The molecule has 0 N–H and O–H groups in total. The minimum absolute atomic E-state index is 0.0945. The highest BCUT2D eigenvalue weighted by Crippen LogP contribution is 2.16. The van der Waals surface area contributed by atoms with Gasteiger partial charge in [0.2, 0.25) is 0 Å². The molecular weight excluding hydrogens is 1010 g/mol. The molecule has 0 aromatic rings. The number of ether oxygens (including phenoxy) is 3. The number of esters is 3. The van der Waals surface area contributed by atoms with E-state index in [1.165, 1.54) is 116 Å². The van der Waals surface area contributed by atoms with Gasteiger partial charge in [-0.1, -0.05) is 301 Å². The lowest BCUT2D eigenvalue weighted by Gasteiger charge is -2.18. The van der Waals surface area contributed by atoms with Crippen LogP contribution < -0.4 is 0 Å². The topological polar surface area (TPSA) is 78.9 Å². The quantitative estimate of drug-likeness (QED) is 0.0261. The lowest BCUT2D eigenvalue weighted by Crippen LogP contribution is -2.30. The highest BCUT2D eigenvalue weighted by Gasteiger charge is 2.19. The highest BCUT2D eigenvalue weighted by atomic mass is 16.6. The van der Waals surface area contributed by atoms with Crippen molar-refractivity contribution in [2.45, 2.75) is 303 Å². The van der Waals surface area contributed by atoms with Crippen LogP contribution in [-0.2, 0) is 28.6 Å². The van der Waals surface area contributed by atoms with Gasteiger partial charge in [0.25, 0.3) is 0 Å². The Kier molecular flexibility index (Phi) is 64.8. The molecule has 82 heavy (non-hydrogen) atoms. The summed E-state index contributed by atoms with van der Waals surface area (Å²) >= 11 is 0. The molecule has 0 fully saturated rings. The van der Waals surface area contributed by atoms with Crippen molar-refractivity contribution in [2.24, 2.45) is 0 Å². The summed E-state index contributed by atoms with van der Waals surface area (Å²) in [4.78, 5) is 38.4. The average molecular weight is 1130 g/mol. The minimum atomic E-state index is -0.803. The molecule has 0 spiro atoms. The fourth-order valence-electron chi connectivity index (χ4n) is 9.10. The Labute approximate surface area is 506 Å². The second kappa shape index (κ2) is 68.8. The number of hydrogen-bond donors (Lipinski definition) is 0. The number of rotatable bonds is 60. The van der Waals surface area contributed by atoms with E-state index in [9.17, 15) is 14.4 Å². The van der Waals surface area contributed by atoms with E-state index in [0.717, 1.165) is 141 Å². The smallest absolute Gasteiger partial charge is 0.306 e. The summed E-state index contributed by atoms with van der Waals surface area (Å²) in [5.74, 6) is -0.927. The van der Waals surface area contributed by atoms with E-state index in [4.69, 9.17) is 14.2 Å². The van der Waals surface area contributed by atoms with Gasteiger partial charge in [-0.05, 0) is 122 Å². The average Bonchev–Trinajstić information content (AvgIpc) is 3.47. The molecule has 1 atom stereocenters. The van der Waals surface area contributed by atoms with E-state index in [2.05, 4.69) is 167 Å². The largest absolute Gasteiger partial charge is 0.462 e. The maximum absolute atomic E-state index is 12.9. The van der Waals surface area contributed by atoms with Gasteiger partial charge in [0, 0.05) is 19.3 Å². The van der Waals surface area contributed by atoms with Gasteiger partial charge in [-0.2, -0.15) is 0 Å². The van der Waals surface area contributed by atoms with E-state index < -0.39 is 6.10 Å². The molecule has 0 heterocycles. The highest BCUT2D eigenvalue weighted by molar-refractivity contribution is 5.71. The normalized spacial score (nSPS) is 13.1. The maximum atomic E-state index is 12.9. The fraction of sp³-hybridized carbons (Fsp3) is 0.645. The van der Waals surface area contributed by atoms with Crippen molar-refractivity contribution < 1.29 is 28.6 Å². The Bertz CT molecular complexity index is 1780. The molecule has 6 heteroatoms. The van der Waals surface area contributed by atoms with Gasteiger partial charge in [-0.3, -0.25) is 14.4 Å². The summed E-state index contributed by atoms with van der Waals surface area (Å²) in [6, 6.07) is 0. The summed E-state index contributed by atoms with van der Waals surface area (Å²) < 4.78 is 16.9. The first-order valence-electron chi connectivity index (χ1n) is 33.8. The van der Waals surface area contributed by atoms with Gasteiger partial charge < -0.3 is 14.2 Å². The molecule has 0 radical (unpaired) electrons. The van der Waals surface area contributed by atoms with E-state index in [0.29, 0.717) is 12.8 Å². The third-order valence-corrected chi connectivity index (χ3v) is 14.1. The van der Waals surface area contributed by atoms with Crippen molar-refractivity contribution >= 4 is 17.9 Å². The van der Waals surface area contributed by atoms with Crippen LogP contribution in [0, 0.1) is 0 Å². The second-order valence-electron chi connectivity index (χ2n) is 22.0. The molecule has 0 saturated heterocycles. The lowest BCUT2D eigenvalue weighted by atomic mass is 10.0. The standard InChI is InChI=1S/C76H124O6/c1-4-7-10-13-16-19-22-25-27-29-31-33-35-37-38-40-41-43-45-47-49-51-54-57-60-63-66-69-75(78)81-72-73(71-80-74(77)68-65-62-59-56-53-24-21-18-15-12-9-6-3)82-76(79)70-67-64-61-58-55-52-50-48-46-44-42-39-36-34-32-30-28-26-23-20-17-14-11-8-5-2/h7-8,10-11,16-17,19-20,25-28,31-34,37-39,42,46,48,52,55,73H,4-6,9,12-15,18,21-24,29-30,35-36,40-41,43-45,47,49-51,53-54,56-72H2,1-3H3/b10-7-,11-8-,19-16-,20-17-,27-25-,28-26-,33-31-,34-32-,38-37-,42-39-,48-46-,55-52-. The summed E-state index contributed by atoms with van der Waals surface area (Å²) in [5.41, 5.74) is 0. The van der Waals surface area contributed by atoms with Crippen LogP contribution in [0.2, 0.25) is 0 Å². The van der Waals surface area contributed by atoms with Crippen LogP contribution in [0.1, 0.15) is 297 Å². The Hall–Kier alpha value is -4.71. The zero-order valence-corrected chi connectivity index (χ0v) is 53.2. The Balaban J connectivity index is 4.38. The van der Waals surface area contributed by atoms with Crippen molar-refractivity contribution in [2.75, 3.05) is 13.2 Å². The molecule has 0 aromatic carbocycles. The summed E-state index contributed by atoms with van der Waals surface area (Å²) in [6.45, 7) is 6.39. The fourth-order valence-corrected chi connectivity index (χ4v) is 9.10. The third kappa shape index (κ3) is 66.1. The summed E-state index contributed by atoms with van der Waals surface area (Å²) in [5, 5.41) is 0. The van der Waals surface area contributed by atoms with E-state index >= 15 is 0 Å². The molecule has 0 amide bonds. The molecule has 0 aliphatic rings. The molecular formula is C76H124O6. The van der Waals surface area contributed by atoms with E-state index in [1.807, 2.05) is 0 Å². The van der Waals surface area contributed by atoms with Crippen molar-refractivity contribution in [1.82, 2.24) is 0 Å². The molecule has 0 rings (SSSR count). The van der Waals surface area contributed by atoms with Gasteiger partial charge in [0.05, 0.1) is 0 Å². The Morgan fingerprint density at radius 2 is 0.476 bits per heavy atom. The van der Waals surface area contributed by atoms with Crippen molar-refractivity contribution in [3.05, 3.63) is 146 Å². The van der Waals surface area contributed by atoms with Gasteiger partial charge in [-0.25, -0.2) is 0 Å². The predicted octanol–water partition coefficient (Wildman–Crippen LogP) is 23.5. The van der Waals surface area contributed by atoms with E-state index in [1.54, 1.807) is 0 Å². The van der Waals surface area contributed by atoms with Crippen LogP contribution in [-0.4, -0.2) is 37.2 Å². The Morgan fingerprint density at radius 1 is 0.256 bits per heavy atom. The zero-order valence-electron chi connectivity index (χ0n) is 53.2. The molecule has 6 nitrogen and oxygen atoms in total. The van der Waals surface area contributed by atoms with Crippen LogP contribution in [0.3, 0.4) is 0 Å². The van der Waals surface area contributed by atoms with Gasteiger partial charge in [0.15, 0.2) is 6.10 Å². The number of carbonyl (C=O) groups excluding carboxylic acids is 3. The van der Waals surface area contributed by atoms with Crippen molar-refractivity contribution in [1.29, 1.82) is 0 Å². The first kappa shape index (κ1) is 77.3. The van der Waals surface area contributed by atoms with Crippen molar-refractivity contribution in [3.8, 4) is 0 Å². The van der Waals surface area contributed by atoms with Gasteiger partial charge >= 0.3 is 17.9 Å². The number of hydrogen-bond acceptors (Lipinski definition) is 6. The van der Waals surface area contributed by atoms with E-state index in [-0.39, 0.29) is 37.5 Å². The molecule has 1 unspecified atom stereocenters. The first-order valence-corrected chi connectivity index (χ1v) is 33.8. The lowest BCUT2D eigenvalue weighted by molar-refractivity contribution is -0.167. The number of carbonyl (C=O) groups is 3. The molecule has 0 bridgehead atoms.